The molecule has 0 radical (unpaired) electrons. The number of oxime groups is 1. The molecule has 8 rings (SSSR count). The highest BCUT2D eigenvalue weighted by Crippen LogP contribution is 2.43. The van der Waals surface area contributed by atoms with Gasteiger partial charge in [-0.25, -0.2) is 9.78 Å². The first kappa shape index (κ1) is 37.6. The maximum Gasteiger partial charge on any atom is 0.352 e. The molecule has 5 heterocycles. The number of nitrogen functional groups attached to an aromatic ring is 1. The number of rotatable bonds is 11. The van der Waals surface area contributed by atoms with Crippen LogP contribution in [-0.2, 0) is 29.6 Å². The molecule has 14 nitrogen and oxygen atoms in total. The van der Waals surface area contributed by atoms with E-state index in [1.54, 1.807) is 11.4 Å². The van der Waals surface area contributed by atoms with Gasteiger partial charge in [0.1, 0.15) is 22.8 Å². The molecule has 4 N–H and O–H groups in total. The van der Waals surface area contributed by atoms with E-state index in [0.29, 0.717) is 29.9 Å². The van der Waals surface area contributed by atoms with E-state index in [9.17, 15) is 24.3 Å². The number of hydrogen-bond acceptors (Lipinski definition) is 12. The molecule has 0 aliphatic carbocycles. The fourth-order valence-electron chi connectivity index (χ4n) is 6.99. The second-order valence-electron chi connectivity index (χ2n) is 13.0. The third-order valence-corrected chi connectivity index (χ3v) is 11.8. The number of fused-ring (bicyclic) bond motifs is 1. The zero-order valence-corrected chi connectivity index (χ0v) is 32.1. The van der Waals surface area contributed by atoms with E-state index in [2.05, 4.69) is 25.7 Å². The molecule has 57 heavy (non-hydrogen) atoms. The van der Waals surface area contributed by atoms with Crippen molar-refractivity contribution in [1.82, 2.24) is 25.4 Å². The van der Waals surface area contributed by atoms with E-state index < -0.39 is 34.8 Å². The summed E-state index contributed by atoms with van der Waals surface area (Å²) in [6.45, 7) is 0.310. The number of amides is 3. The van der Waals surface area contributed by atoms with Crippen molar-refractivity contribution < 1.29 is 29.1 Å². The first-order chi connectivity index (χ1) is 27.7. The van der Waals surface area contributed by atoms with Gasteiger partial charge < -0.3 is 21.0 Å². The van der Waals surface area contributed by atoms with Crippen molar-refractivity contribution in [2.24, 2.45) is 5.16 Å². The number of nitrogens with two attached hydrogens (primary N) is 1. The zero-order chi connectivity index (χ0) is 39.7. The minimum atomic E-state index is -1.34. The average Bonchev–Trinajstić information content (AvgIpc) is 3.83. The van der Waals surface area contributed by atoms with Crippen molar-refractivity contribution in [3.63, 3.8) is 0 Å². The summed E-state index contributed by atoms with van der Waals surface area (Å²) in [5.41, 5.74) is 7.15. The maximum absolute atomic E-state index is 14.2. The Hall–Kier alpha value is -6.36. The Morgan fingerprint density at radius 1 is 0.947 bits per heavy atom. The number of halogens is 1. The quantitative estimate of drug-likeness (QED) is 0.0535. The Kier molecular flexibility index (Phi) is 10.3. The smallest absolute Gasteiger partial charge is 0.352 e. The number of aliphatic carboxylic acids is 1. The highest BCUT2D eigenvalue weighted by atomic mass is 35.5. The standard InChI is InChI=1S/C40H31ClN8O6S2/c41-29-16-17-30(46-45-29)48-19-18-23(35(48)51)20-24-21-56-37-32(36(52)49(37)33(24)38(53)54)44-34(50)31(28-22-57-39(42)43-28)47-55-40(25-10-4-1-5-11-25,26-12-6-2-7-13-26)27-14-8-3-9-15-27/h1-17,20,22,32,37H,18-19,21H2,(H2,42,43)(H,44,50)(H,53,54)/t32-,37-/m1/s1. The van der Waals surface area contributed by atoms with Crippen molar-refractivity contribution in [2.75, 3.05) is 22.9 Å². The predicted molar refractivity (Wildman–Crippen MR) is 215 cm³/mol. The molecular weight excluding hydrogens is 788 g/mol. The SMILES string of the molecule is Nc1nc(C(=NOC(c2ccccc2)(c2ccccc2)c2ccccc2)C(=O)N[C@@H]2C(=O)N3C(C(=O)O)=C(C=C4CCN(c5ccc(Cl)nn5)C4=O)CS[C@H]23)cs1. The fourth-order valence-corrected chi connectivity index (χ4v) is 8.94. The summed E-state index contributed by atoms with van der Waals surface area (Å²) in [5, 5.41) is 26.5. The summed E-state index contributed by atoms with van der Waals surface area (Å²) in [6.07, 6.45) is 1.84. The Labute approximate surface area is 338 Å². The summed E-state index contributed by atoms with van der Waals surface area (Å²) in [7, 11) is 0. The first-order valence-corrected chi connectivity index (χ1v) is 19.8. The van der Waals surface area contributed by atoms with Crippen LogP contribution < -0.4 is 16.0 Å². The number of hydrogen-bond donors (Lipinski definition) is 3. The summed E-state index contributed by atoms with van der Waals surface area (Å²) in [6, 6.07) is 30.4. The molecule has 3 aliphatic heterocycles. The minimum absolute atomic E-state index is 0.123. The summed E-state index contributed by atoms with van der Waals surface area (Å²) >= 11 is 8.21. The van der Waals surface area contributed by atoms with Gasteiger partial charge in [0, 0.05) is 39.9 Å². The third kappa shape index (κ3) is 7.02. The normalized spacial score (nSPS) is 19.0. The topological polar surface area (TPSA) is 193 Å². The van der Waals surface area contributed by atoms with Crippen LogP contribution in [0.15, 0.2) is 137 Å². The van der Waals surface area contributed by atoms with Crippen LogP contribution >= 0.6 is 34.7 Å². The minimum Gasteiger partial charge on any atom is -0.477 e. The van der Waals surface area contributed by atoms with Gasteiger partial charge in [0.05, 0.1) is 0 Å². The van der Waals surface area contributed by atoms with Crippen LogP contribution in [0.25, 0.3) is 0 Å². The highest BCUT2D eigenvalue weighted by Gasteiger charge is 2.54. The molecular formula is C40H31ClN8O6S2. The molecule has 2 aromatic heterocycles. The van der Waals surface area contributed by atoms with E-state index in [1.165, 1.54) is 28.8 Å². The van der Waals surface area contributed by atoms with Crippen molar-refractivity contribution in [2.45, 2.75) is 23.4 Å². The molecule has 2 atom stereocenters. The van der Waals surface area contributed by atoms with Gasteiger partial charge in [-0.2, -0.15) is 0 Å². The van der Waals surface area contributed by atoms with Crippen LogP contribution in [0.5, 0.6) is 0 Å². The predicted octanol–water partition coefficient (Wildman–Crippen LogP) is 4.98. The van der Waals surface area contributed by atoms with Crippen molar-refractivity contribution in [1.29, 1.82) is 0 Å². The lowest BCUT2D eigenvalue weighted by atomic mass is 9.80. The maximum atomic E-state index is 14.2. The second-order valence-corrected chi connectivity index (χ2v) is 15.4. The number of carboxylic acid groups (broad SMARTS) is 1. The van der Waals surface area contributed by atoms with E-state index in [-0.39, 0.29) is 39.0 Å². The number of carbonyl (C=O) groups excluding carboxylic acids is 3. The van der Waals surface area contributed by atoms with E-state index in [0.717, 1.165) is 32.9 Å². The molecule has 0 unspecified atom stereocenters. The largest absolute Gasteiger partial charge is 0.477 e. The Balaban J connectivity index is 1.09. The van der Waals surface area contributed by atoms with Crippen LogP contribution in [0.4, 0.5) is 10.9 Å². The van der Waals surface area contributed by atoms with Crippen LogP contribution in [-0.4, -0.2) is 78.3 Å². The number of nitrogens with one attached hydrogen (secondary N) is 1. The average molecular weight is 819 g/mol. The van der Waals surface area contributed by atoms with Gasteiger partial charge in [0.25, 0.3) is 17.7 Å². The molecule has 2 fully saturated rings. The van der Waals surface area contributed by atoms with Gasteiger partial charge in [-0.1, -0.05) is 108 Å². The van der Waals surface area contributed by atoms with Crippen LogP contribution in [0.3, 0.4) is 0 Å². The lowest BCUT2D eigenvalue weighted by Crippen LogP contribution is -2.71. The number of thioether (sulfide) groups is 1. The summed E-state index contributed by atoms with van der Waals surface area (Å²) in [4.78, 5) is 67.4. The molecule has 0 spiro atoms. The number of aromatic nitrogens is 3. The number of β-lactam (4-membered cyclic amide) rings is 1. The van der Waals surface area contributed by atoms with Gasteiger partial charge >= 0.3 is 5.97 Å². The van der Waals surface area contributed by atoms with Gasteiger partial charge in [-0.3, -0.25) is 24.2 Å². The van der Waals surface area contributed by atoms with Gasteiger partial charge in [0.2, 0.25) is 5.60 Å². The molecule has 286 valence electrons. The lowest BCUT2D eigenvalue weighted by Gasteiger charge is -2.49. The molecule has 17 heteroatoms. The van der Waals surface area contributed by atoms with Crippen LogP contribution in [0.2, 0.25) is 5.15 Å². The number of thiazole rings is 1. The number of allylic oxidation sites excluding steroid dienone is 1. The third-order valence-electron chi connectivity index (χ3n) is 9.65. The number of benzene rings is 3. The van der Waals surface area contributed by atoms with Crippen molar-refractivity contribution >= 4 is 75.1 Å². The van der Waals surface area contributed by atoms with E-state index in [1.807, 2.05) is 91.0 Å². The molecule has 3 aliphatic rings. The first-order valence-electron chi connectivity index (χ1n) is 17.5. The van der Waals surface area contributed by atoms with Gasteiger partial charge in [0.15, 0.2) is 21.8 Å². The monoisotopic (exact) mass is 818 g/mol. The Morgan fingerprint density at radius 2 is 1.58 bits per heavy atom. The Morgan fingerprint density at radius 3 is 2.12 bits per heavy atom. The Bertz CT molecular complexity index is 2370. The highest BCUT2D eigenvalue weighted by molar-refractivity contribution is 8.00. The van der Waals surface area contributed by atoms with E-state index >= 15 is 0 Å². The number of nitrogens with zero attached hydrogens (tertiary/aromatic N) is 6. The summed E-state index contributed by atoms with van der Waals surface area (Å²) in [5.74, 6) is -2.66. The van der Waals surface area contributed by atoms with Gasteiger partial charge in [-0.05, 0) is 30.2 Å². The zero-order valence-electron chi connectivity index (χ0n) is 29.7. The number of carbonyl (C=O) groups is 4. The summed E-state index contributed by atoms with van der Waals surface area (Å²) < 4.78 is 0. The molecule has 2 saturated heterocycles. The molecule has 3 amide bonds. The molecule has 0 bridgehead atoms. The van der Waals surface area contributed by atoms with Crippen LogP contribution in [0, 0.1) is 0 Å². The number of carboxylic acids is 1. The fraction of sp³-hybridized carbons (Fsp3) is 0.150. The second kappa shape index (κ2) is 15.6. The number of anilines is 2. The molecule has 0 saturated carbocycles. The van der Waals surface area contributed by atoms with Crippen molar-refractivity contribution in [3.8, 4) is 0 Å². The molecule has 3 aromatic carbocycles. The van der Waals surface area contributed by atoms with Gasteiger partial charge in [-0.15, -0.1) is 33.3 Å². The molecule has 5 aromatic rings. The van der Waals surface area contributed by atoms with Crippen LogP contribution in [0.1, 0.15) is 28.8 Å². The van der Waals surface area contributed by atoms with E-state index in [4.69, 9.17) is 22.2 Å². The lowest BCUT2D eigenvalue weighted by molar-refractivity contribution is -0.150. The van der Waals surface area contributed by atoms with Crippen molar-refractivity contribution in [3.05, 3.63) is 159 Å².